The molecule has 106 valence electrons. The van der Waals surface area contributed by atoms with E-state index in [2.05, 4.69) is 16.1 Å². The number of rotatable bonds is 2. The lowest BCUT2D eigenvalue weighted by atomic mass is 9.82. The number of hydrazine groups is 1. The van der Waals surface area contributed by atoms with Gasteiger partial charge in [0, 0.05) is 6.04 Å². The summed E-state index contributed by atoms with van der Waals surface area (Å²) in [5.41, 5.74) is 1.96. The predicted octanol–water partition coefficient (Wildman–Crippen LogP) is 1.03. The maximum absolute atomic E-state index is 12.4. The van der Waals surface area contributed by atoms with Crippen molar-refractivity contribution in [3.63, 3.8) is 0 Å². The van der Waals surface area contributed by atoms with Crippen molar-refractivity contribution in [1.82, 2.24) is 21.1 Å². The summed E-state index contributed by atoms with van der Waals surface area (Å²) in [6, 6.07) is -0.274. The molecule has 1 heterocycles. The van der Waals surface area contributed by atoms with Crippen LogP contribution in [0.4, 0.5) is 4.79 Å². The fraction of sp³-hybridized carbons (Fsp3) is 0.750. The second-order valence-corrected chi connectivity index (χ2v) is 5.86. The van der Waals surface area contributed by atoms with Gasteiger partial charge in [0.15, 0.2) is 5.11 Å². The molecule has 0 aromatic heterocycles. The maximum Gasteiger partial charge on any atom is 0.344 e. The zero-order valence-electron chi connectivity index (χ0n) is 11.3. The van der Waals surface area contributed by atoms with Gasteiger partial charge in [-0.2, -0.15) is 5.01 Å². The van der Waals surface area contributed by atoms with E-state index in [1.165, 1.54) is 0 Å². The van der Waals surface area contributed by atoms with E-state index in [0.717, 1.165) is 24.3 Å². The number of thiocarbonyl (C=S) groups is 1. The van der Waals surface area contributed by atoms with Crippen molar-refractivity contribution in [2.24, 2.45) is 0 Å². The summed E-state index contributed by atoms with van der Waals surface area (Å²) in [6.07, 6.45) is 4.47. The van der Waals surface area contributed by atoms with Gasteiger partial charge in [0.05, 0.1) is 0 Å². The molecule has 2 fully saturated rings. The van der Waals surface area contributed by atoms with Gasteiger partial charge >= 0.3 is 6.03 Å². The van der Waals surface area contributed by atoms with Crippen LogP contribution >= 0.6 is 12.2 Å². The lowest BCUT2D eigenvalue weighted by Crippen LogP contribution is -2.53. The summed E-state index contributed by atoms with van der Waals surface area (Å²) >= 11 is 5.07. The summed E-state index contributed by atoms with van der Waals surface area (Å²) in [5, 5.41) is 7.05. The number of nitrogens with zero attached hydrogens (tertiary/aromatic N) is 1. The summed E-state index contributed by atoms with van der Waals surface area (Å²) in [4.78, 5) is 24.3. The molecule has 1 aliphatic carbocycles. The van der Waals surface area contributed by atoms with Crippen molar-refractivity contribution in [1.29, 1.82) is 0 Å². The lowest BCUT2D eigenvalue weighted by Gasteiger charge is -2.30. The van der Waals surface area contributed by atoms with Gasteiger partial charge in [-0.25, -0.2) is 4.79 Å². The minimum atomic E-state index is -0.713. The number of imide groups is 1. The third-order valence-electron chi connectivity index (χ3n) is 3.50. The van der Waals surface area contributed by atoms with Crippen LogP contribution in [0.2, 0.25) is 0 Å². The molecular weight excluding hydrogens is 264 g/mol. The molecule has 3 N–H and O–H groups in total. The van der Waals surface area contributed by atoms with Gasteiger partial charge in [-0.15, -0.1) is 0 Å². The van der Waals surface area contributed by atoms with E-state index in [1.807, 2.05) is 13.8 Å². The smallest absolute Gasteiger partial charge is 0.344 e. The number of amides is 3. The lowest BCUT2D eigenvalue weighted by molar-refractivity contribution is -0.133. The van der Waals surface area contributed by atoms with E-state index in [4.69, 9.17) is 12.2 Å². The second kappa shape index (κ2) is 5.32. The number of carbonyl (C=O) groups is 2. The molecule has 2 aliphatic rings. The minimum absolute atomic E-state index is 0.143. The summed E-state index contributed by atoms with van der Waals surface area (Å²) in [7, 11) is 0. The fourth-order valence-electron chi connectivity index (χ4n) is 2.61. The quantitative estimate of drug-likeness (QED) is 0.522. The summed E-state index contributed by atoms with van der Waals surface area (Å²) in [6.45, 7) is 3.87. The Hall–Kier alpha value is -1.37. The van der Waals surface area contributed by atoms with Crippen molar-refractivity contribution in [3.05, 3.63) is 0 Å². The molecule has 2 rings (SSSR count). The van der Waals surface area contributed by atoms with Crippen molar-refractivity contribution < 1.29 is 9.59 Å². The molecule has 19 heavy (non-hydrogen) atoms. The number of nitrogens with one attached hydrogen (secondary N) is 3. The molecule has 0 aromatic carbocycles. The molecule has 1 saturated heterocycles. The third-order valence-corrected chi connectivity index (χ3v) is 3.71. The monoisotopic (exact) mass is 284 g/mol. The zero-order valence-corrected chi connectivity index (χ0v) is 12.1. The molecule has 0 bridgehead atoms. The highest BCUT2D eigenvalue weighted by atomic mass is 32.1. The van der Waals surface area contributed by atoms with E-state index in [-0.39, 0.29) is 17.1 Å². The van der Waals surface area contributed by atoms with Crippen LogP contribution < -0.4 is 16.1 Å². The SMILES string of the molecule is CC(C)NC(=S)NN1C(=O)NC2(CCCCC2)C1=O. The van der Waals surface area contributed by atoms with Gasteiger partial charge in [0.2, 0.25) is 0 Å². The molecule has 3 amide bonds. The molecule has 1 saturated carbocycles. The Kier molecular flexibility index (Phi) is 3.93. The first kappa shape index (κ1) is 14.0. The van der Waals surface area contributed by atoms with E-state index < -0.39 is 11.6 Å². The number of hydrogen-bond acceptors (Lipinski definition) is 3. The van der Waals surface area contributed by atoms with Gasteiger partial charge in [0.1, 0.15) is 5.54 Å². The Morgan fingerprint density at radius 2 is 1.95 bits per heavy atom. The van der Waals surface area contributed by atoms with Crippen LogP contribution in [0.25, 0.3) is 0 Å². The standard InChI is InChI=1S/C12H20N4O2S/c1-8(2)13-10(19)15-16-9(17)12(14-11(16)18)6-4-3-5-7-12/h8H,3-7H2,1-2H3,(H,14,18)(H2,13,15,19). The van der Waals surface area contributed by atoms with Gasteiger partial charge in [-0.1, -0.05) is 19.3 Å². The molecule has 7 heteroatoms. The van der Waals surface area contributed by atoms with E-state index in [0.29, 0.717) is 12.8 Å². The molecular formula is C12H20N4O2S. The van der Waals surface area contributed by atoms with E-state index in [9.17, 15) is 9.59 Å². The normalized spacial score (nSPS) is 21.7. The third kappa shape index (κ3) is 2.80. The highest BCUT2D eigenvalue weighted by Crippen LogP contribution is 2.32. The fourth-order valence-corrected chi connectivity index (χ4v) is 2.94. The minimum Gasteiger partial charge on any atom is -0.359 e. The van der Waals surface area contributed by atoms with Crippen LogP contribution in [0.3, 0.4) is 0 Å². The van der Waals surface area contributed by atoms with Crippen molar-refractivity contribution in [3.8, 4) is 0 Å². The van der Waals surface area contributed by atoms with Crippen LogP contribution in [0, 0.1) is 0 Å². The number of urea groups is 1. The van der Waals surface area contributed by atoms with E-state index >= 15 is 0 Å². The molecule has 0 radical (unpaired) electrons. The van der Waals surface area contributed by atoms with Gasteiger partial charge < -0.3 is 10.6 Å². The Balaban J connectivity index is 2.04. The Labute approximate surface area is 118 Å². The Morgan fingerprint density at radius 3 is 2.53 bits per heavy atom. The average molecular weight is 284 g/mol. The van der Waals surface area contributed by atoms with Crippen LogP contribution in [0.15, 0.2) is 0 Å². The first-order chi connectivity index (χ1) is 8.94. The van der Waals surface area contributed by atoms with Crippen molar-refractivity contribution in [2.45, 2.75) is 57.5 Å². The summed E-state index contributed by atoms with van der Waals surface area (Å²) in [5.74, 6) is -0.217. The highest BCUT2D eigenvalue weighted by molar-refractivity contribution is 7.80. The number of hydrogen-bond donors (Lipinski definition) is 3. The van der Waals surface area contributed by atoms with Crippen molar-refractivity contribution >= 4 is 29.3 Å². The zero-order chi connectivity index (χ0) is 14.0. The Morgan fingerprint density at radius 1 is 1.32 bits per heavy atom. The molecule has 0 aromatic rings. The predicted molar refractivity (Wildman–Crippen MR) is 75.2 cm³/mol. The average Bonchev–Trinajstić information content (AvgIpc) is 2.54. The molecule has 6 nitrogen and oxygen atoms in total. The molecule has 1 aliphatic heterocycles. The summed E-state index contributed by atoms with van der Waals surface area (Å²) < 4.78 is 0. The Bertz CT molecular complexity index is 405. The number of carbonyl (C=O) groups excluding carboxylic acids is 2. The topological polar surface area (TPSA) is 73.5 Å². The first-order valence-electron chi connectivity index (χ1n) is 6.68. The van der Waals surface area contributed by atoms with Crippen molar-refractivity contribution in [2.75, 3.05) is 0 Å². The first-order valence-corrected chi connectivity index (χ1v) is 7.09. The largest absolute Gasteiger partial charge is 0.359 e. The highest BCUT2D eigenvalue weighted by Gasteiger charge is 2.51. The maximum atomic E-state index is 12.4. The molecule has 1 spiro atoms. The molecule has 0 unspecified atom stereocenters. The van der Waals surface area contributed by atoms with Gasteiger partial charge in [-0.3, -0.25) is 10.2 Å². The molecule has 0 atom stereocenters. The van der Waals surface area contributed by atoms with Gasteiger partial charge in [0.25, 0.3) is 5.91 Å². The van der Waals surface area contributed by atoms with Gasteiger partial charge in [-0.05, 0) is 38.9 Å². The van der Waals surface area contributed by atoms with Crippen LogP contribution in [0.5, 0.6) is 0 Å². The van der Waals surface area contributed by atoms with Crippen LogP contribution in [-0.2, 0) is 4.79 Å². The second-order valence-electron chi connectivity index (χ2n) is 5.45. The van der Waals surface area contributed by atoms with Crippen LogP contribution in [0.1, 0.15) is 46.0 Å². The van der Waals surface area contributed by atoms with Crippen LogP contribution in [-0.4, -0.2) is 33.6 Å². The van der Waals surface area contributed by atoms with E-state index in [1.54, 1.807) is 0 Å².